The molecule has 2 heterocycles. The lowest BCUT2D eigenvalue weighted by Crippen LogP contribution is -2.50. The Morgan fingerprint density at radius 3 is 2.21 bits per heavy atom. The molecule has 0 spiro atoms. The number of carbonyl (C=O) groups is 3. The fourth-order valence-corrected chi connectivity index (χ4v) is 5.10. The summed E-state index contributed by atoms with van der Waals surface area (Å²) in [6.07, 6.45) is 1.15. The second kappa shape index (κ2) is 12.0. The van der Waals surface area contributed by atoms with Crippen molar-refractivity contribution in [1.29, 1.82) is 0 Å². The molecule has 9 nitrogen and oxygen atoms in total. The van der Waals surface area contributed by atoms with E-state index in [0.717, 1.165) is 22.1 Å². The molecule has 0 saturated carbocycles. The zero-order chi connectivity index (χ0) is 27.3. The van der Waals surface area contributed by atoms with Gasteiger partial charge in [0.05, 0.1) is 13.2 Å². The SMILES string of the molecule is CCOC(=O)CN1CCC(C(=O)Nc2ccc(N3CCN(C(=O)OC(C)(C)C)CC3)c3ccccc23)CC1. The number of ether oxygens (including phenoxy) is 2. The second-order valence-corrected chi connectivity index (χ2v) is 11.0. The average molecular weight is 525 g/mol. The number of likely N-dealkylation sites (tertiary alicyclic amines) is 1. The molecule has 2 aliphatic rings. The lowest BCUT2D eigenvalue weighted by Gasteiger charge is -2.37. The molecule has 0 aliphatic carbocycles. The third kappa shape index (κ3) is 6.95. The minimum atomic E-state index is -0.510. The van der Waals surface area contributed by atoms with E-state index in [9.17, 15) is 14.4 Å². The number of esters is 1. The van der Waals surface area contributed by atoms with Gasteiger partial charge in [0.15, 0.2) is 0 Å². The first-order chi connectivity index (χ1) is 18.1. The number of piperazine rings is 1. The van der Waals surface area contributed by atoms with Gasteiger partial charge in [-0.3, -0.25) is 14.5 Å². The average Bonchev–Trinajstić information content (AvgIpc) is 2.88. The van der Waals surface area contributed by atoms with E-state index in [1.807, 2.05) is 45.0 Å². The van der Waals surface area contributed by atoms with Crippen LogP contribution in [0, 0.1) is 5.92 Å². The molecule has 2 aromatic rings. The van der Waals surface area contributed by atoms with Gasteiger partial charge in [0.25, 0.3) is 0 Å². The molecule has 0 radical (unpaired) electrons. The van der Waals surface area contributed by atoms with E-state index in [1.165, 1.54) is 0 Å². The van der Waals surface area contributed by atoms with Crippen molar-refractivity contribution >= 4 is 40.1 Å². The van der Waals surface area contributed by atoms with Gasteiger partial charge in [0.1, 0.15) is 5.60 Å². The van der Waals surface area contributed by atoms with Crippen molar-refractivity contribution in [3.05, 3.63) is 36.4 Å². The monoisotopic (exact) mass is 524 g/mol. The van der Waals surface area contributed by atoms with Crippen LogP contribution in [0.4, 0.5) is 16.2 Å². The first-order valence-electron chi connectivity index (χ1n) is 13.6. The van der Waals surface area contributed by atoms with Crippen LogP contribution in [0.2, 0.25) is 0 Å². The molecule has 9 heteroatoms. The first-order valence-corrected chi connectivity index (χ1v) is 13.6. The largest absolute Gasteiger partial charge is 0.465 e. The van der Waals surface area contributed by atoms with Gasteiger partial charge in [-0.15, -0.1) is 0 Å². The molecular formula is C29H40N4O5. The van der Waals surface area contributed by atoms with E-state index in [-0.39, 0.29) is 30.4 Å². The molecule has 2 amide bonds. The van der Waals surface area contributed by atoms with Crippen molar-refractivity contribution in [2.75, 3.05) is 62.6 Å². The molecule has 38 heavy (non-hydrogen) atoms. The van der Waals surface area contributed by atoms with Crippen molar-refractivity contribution in [2.45, 2.75) is 46.1 Å². The normalized spacial score (nSPS) is 17.4. The van der Waals surface area contributed by atoms with Crippen LogP contribution in [0.25, 0.3) is 10.8 Å². The minimum Gasteiger partial charge on any atom is -0.465 e. The highest BCUT2D eigenvalue weighted by Gasteiger charge is 2.28. The van der Waals surface area contributed by atoms with Crippen LogP contribution in [-0.2, 0) is 19.1 Å². The topological polar surface area (TPSA) is 91.4 Å². The number of carbonyl (C=O) groups excluding carboxylic acids is 3. The maximum absolute atomic E-state index is 13.1. The quantitative estimate of drug-likeness (QED) is 0.569. The summed E-state index contributed by atoms with van der Waals surface area (Å²) in [6, 6.07) is 12.1. The number of hydrogen-bond acceptors (Lipinski definition) is 7. The molecule has 2 saturated heterocycles. The Morgan fingerprint density at radius 2 is 1.58 bits per heavy atom. The molecular weight excluding hydrogens is 484 g/mol. The van der Waals surface area contributed by atoms with Gasteiger partial charge in [0, 0.05) is 54.2 Å². The van der Waals surface area contributed by atoms with E-state index in [0.29, 0.717) is 58.7 Å². The summed E-state index contributed by atoms with van der Waals surface area (Å²) >= 11 is 0. The van der Waals surface area contributed by atoms with Crippen molar-refractivity contribution < 1.29 is 23.9 Å². The highest BCUT2D eigenvalue weighted by atomic mass is 16.6. The van der Waals surface area contributed by atoms with E-state index < -0.39 is 5.60 Å². The Hall–Kier alpha value is -3.33. The van der Waals surface area contributed by atoms with Gasteiger partial charge in [-0.1, -0.05) is 24.3 Å². The summed E-state index contributed by atoms with van der Waals surface area (Å²) in [7, 11) is 0. The molecule has 4 rings (SSSR count). The fraction of sp³-hybridized carbons (Fsp3) is 0.552. The number of nitrogens with one attached hydrogen (secondary N) is 1. The Bertz CT molecular complexity index is 1150. The number of benzene rings is 2. The Kier molecular flexibility index (Phi) is 8.76. The summed E-state index contributed by atoms with van der Waals surface area (Å²) in [5, 5.41) is 5.23. The summed E-state index contributed by atoms with van der Waals surface area (Å²) in [4.78, 5) is 43.5. The predicted molar refractivity (Wildman–Crippen MR) is 148 cm³/mol. The van der Waals surface area contributed by atoms with E-state index in [2.05, 4.69) is 27.2 Å². The van der Waals surface area contributed by atoms with E-state index in [1.54, 1.807) is 11.8 Å². The molecule has 0 unspecified atom stereocenters. The van der Waals surface area contributed by atoms with Gasteiger partial charge < -0.3 is 24.6 Å². The lowest BCUT2D eigenvalue weighted by atomic mass is 9.95. The van der Waals surface area contributed by atoms with Crippen LogP contribution in [0.1, 0.15) is 40.5 Å². The molecule has 2 fully saturated rings. The van der Waals surface area contributed by atoms with E-state index >= 15 is 0 Å². The Morgan fingerprint density at radius 1 is 0.921 bits per heavy atom. The number of nitrogens with zero attached hydrogens (tertiary/aromatic N) is 3. The highest BCUT2D eigenvalue weighted by molar-refractivity contribution is 6.07. The summed E-state index contributed by atoms with van der Waals surface area (Å²) in [5.74, 6) is -0.286. The van der Waals surface area contributed by atoms with Crippen molar-refractivity contribution in [1.82, 2.24) is 9.80 Å². The van der Waals surface area contributed by atoms with Crippen LogP contribution in [-0.4, -0.2) is 85.8 Å². The maximum Gasteiger partial charge on any atom is 0.410 e. The number of fused-ring (bicyclic) bond motifs is 1. The maximum atomic E-state index is 13.1. The van der Waals surface area contributed by atoms with Crippen molar-refractivity contribution in [3.63, 3.8) is 0 Å². The third-order valence-corrected chi connectivity index (χ3v) is 7.05. The molecule has 2 aromatic carbocycles. The number of amides is 2. The predicted octanol–water partition coefficient (Wildman–Crippen LogP) is 4.11. The van der Waals surface area contributed by atoms with Crippen LogP contribution in [0.15, 0.2) is 36.4 Å². The van der Waals surface area contributed by atoms with Crippen molar-refractivity contribution in [3.8, 4) is 0 Å². The Balaban J connectivity index is 1.39. The molecule has 0 aromatic heterocycles. The van der Waals surface area contributed by atoms with Crippen LogP contribution < -0.4 is 10.2 Å². The van der Waals surface area contributed by atoms with Crippen molar-refractivity contribution in [2.24, 2.45) is 5.92 Å². The first kappa shape index (κ1) is 27.7. The summed E-state index contributed by atoms with van der Waals surface area (Å²) in [5.41, 5.74) is 1.38. The molecule has 1 N–H and O–H groups in total. The Labute approximate surface area is 225 Å². The van der Waals surface area contributed by atoms with Crippen LogP contribution in [0.5, 0.6) is 0 Å². The number of piperidine rings is 1. The summed E-state index contributed by atoms with van der Waals surface area (Å²) < 4.78 is 10.6. The highest BCUT2D eigenvalue weighted by Crippen LogP contribution is 2.33. The number of hydrogen-bond donors (Lipinski definition) is 1. The van der Waals surface area contributed by atoms with E-state index in [4.69, 9.17) is 9.47 Å². The molecule has 0 bridgehead atoms. The smallest absolute Gasteiger partial charge is 0.410 e. The molecule has 0 atom stereocenters. The van der Waals surface area contributed by atoms with Crippen LogP contribution in [0.3, 0.4) is 0 Å². The number of rotatable bonds is 6. The standard InChI is InChI=1S/C29H40N4O5/c1-5-37-26(34)20-31-14-12-21(13-15-31)27(35)30-24-10-11-25(23-9-7-6-8-22(23)24)32-16-18-33(19-17-32)28(36)38-29(2,3)4/h6-11,21H,5,12-20H2,1-4H3,(H,30,35). The molecule has 206 valence electrons. The van der Waals surface area contributed by atoms with Crippen LogP contribution >= 0.6 is 0 Å². The van der Waals surface area contributed by atoms with Gasteiger partial charge in [0.2, 0.25) is 5.91 Å². The third-order valence-electron chi connectivity index (χ3n) is 7.05. The van der Waals surface area contributed by atoms with Gasteiger partial charge in [-0.25, -0.2) is 4.79 Å². The fourth-order valence-electron chi connectivity index (χ4n) is 5.10. The van der Waals surface area contributed by atoms with Gasteiger partial charge in [-0.05, 0) is 65.8 Å². The molecule has 2 aliphatic heterocycles. The zero-order valence-electron chi connectivity index (χ0n) is 23.0. The minimum absolute atomic E-state index is 0.0182. The number of anilines is 2. The lowest BCUT2D eigenvalue weighted by molar-refractivity contribution is -0.144. The zero-order valence-corrected chi connectivity index (χ0v) is 23.0. The van der Waals surface area contributed by atoms with Gasteiger partial charge >= 0.3 is 12.1 Å². The van der Waals surface area contributed by atoms with Gasteiger partial charge in [-0.2, -0.15) is 0 Å². The summed E-state index contributed by atoms with van der Waals surface area (Å²) in [6.45, 7) is 12.1. The second-order valence-electron chi connectivity index (χ2n) is 11.0.